The Kier molecular flexibility index (Phi) is 8.69. The van der Waals surface area contributed by atoms with Crippen molar-refractivity contribution in [1.29, 1.82) is 0 Å². The van der Waals surface area contributed by atoms with Gasteiger partial charge >= 0.3 is 11.8 Å². The van der Waals surface area contributed by atoms with E-state index in [1.807, 2.05) is 32.0 Å². The van der Waals surface area contributed by atoms with Crippen LogP contribution in [0.15, 0.2) is 70.2 Å². The number of ether oxygens (including phenoxy) is 1. The van der Waals surface area contributed by atoms with Gasteiger partial charge in [0.1, 0.15) is 11.6 Å². The highest BCUT2D eigenvalue weighted by atomic mass is 79.9. The Morgan fingerprint density at radius 2 is 1.74 bits per heavy atom. The molecule has 0 heterocycles. The van der Waals surface area contributed by atoms with Crippen molar-refractivity contribution in [2.24, 2.45) is 5.10 Å². The summed E-state index contributed by atoms with van der Waals surface area (Å²) in [5.41, 5.74) is 5.56. The van der Waals surface area contributed by atoms with Gasteiger partial charge in [-0.3, -0.25) is 14.4 Å². The average Bonchev–Trinajstić information content (AvgIpc) is 2.83. The topological polar surface area (TPSA) is 109 Å². The zero-order chi connectivity index (χ0) is 25.4. The summed E-state index contributed by atoms with van der Waals surface area (Å²) >= 11 is 3.35. The molecule has 10 heteroatoms. The fraction of sp³-hybridized carbons (Fsp3) is 0.120. The minimum absolute atomic E-state index is 0.248. The van der Waals surface area contributed by atoms with Crippen LogP contribution in [0.25, 0.3) is 0 Å². The summed E-state index contributed by atoms with van der Waals surface area (Å²) in [5, 5.41) is 8.94. The number of carbonyl (C=O) groups excluding carboxylic acids is 3. The zero-order valence-electron chi connectivity index (χ0n) is 18.9. The fourth-order valence-corrected chi connectivity index (χ4v) is 3.28. The number of hydrogen-bond donors (Lipinski definition) is 3. The van der Waals surface area contributed by atoms with Crippen molar-refractivity contribution in [3.63, 3.8) is 0 Å². The number of nitrogens with zero attached hydrogens (tertiary/aromatic N) is 1. The first kappa shape index (κ1) is 25.6. The van der Waals surface area contributed by atoms with Crippen molar-refractivity contribution in [3.8, 4) is 5.75 Å². The lowest BCUT2D eigenvalue weighted by atomic mass is 10.1. The summed E-state index contributed by atoms with van der Waals surface area (Å²) < 4.78 is 19.3. The van der Waals surface area contributed by atoms with E-state index in [4.69, 9.17) is 4.74 Å². The highest BCUT2D eigenvalue weighted by Crippen LogP contribution is 2.22. The van der Waals surface area contributed by atoms with E-state index in [-0.39, 0.29) is 18.2 Å². The van der Waals surface area contributed by atoms with E-state index in [1.165, 1.54) is 18.3 Å². The minimum Gasteiger partial charge on any atom is -0.483 e. The molecule has 0 unspecified atom stereocenters. The maximum atomic E-state index is 13.0. The third-order valence-electron chi connectivity index (χ3n) is 4.89. The van der Waals surface area contributed by atoms with Crippen molar-refractivity contribution in [2.45, 2.75) is 13.8 Å². The lowest BCUT2D eigenvalue weighted by Crippen LogP contribution is -2.32. The quantitative estimate of drug-likeness (QED) is 0.235. The molecule has 0 atom stereocenters. The average molecular weight is 541 g/mol. The van der Waals surface area contributed by atoms with Crippen LogP contribution in [0.1, 0.15) is 16.7 Å². The number of nitrogens with one attached hydrogen (secondary N) is 3. The lowest BCUT2D eigenvalue weighted by molar-refractivity contribution is -0.136. The molecule has 3 aromatic rings. The highest BCUT2D eigenvalue weighted by molar-refractivity contribution is 9.10. The second kappa shape index (κ2) is 11.9. The Balaban J connectivity index is 1.58. The van der Waals surface area contributed by atoms with Crippen LogP contribution in [0.5, 0.6) is 5.75 Å². The molecular formula is C25H22BrFN4O4. The molecule has 0 fully saturated rings. The lowest BCUT2D eigenvalue weighted by Gasteiger charge is -2.12. The van der Waals surface area contributed by atoms with Gasteiger partial charge in [0, 0.05) is 21.4 Å². The standard InChI is InChI=1S/C25H22BrFN4O4/c1-15-4-3-5-21(16(15)2)30-23(32)14-35-22-11-6-18(26)12-17(22)13-28-31-25(34)24(33)29-20-9-7-19(27)8-10-20/h3-13H,14H2,1-2H3,(H,29,33)(H,30,32)(H,31,34)/b28-13-. The minimum atomic E-state index is -1.02. The smallest absolute Gasteiger partial charge is 0.329 e. The van der Waals surface area contributed by atoms with E-state index < -0.39 is 17.6 Å². The molecule has 0 aliphatic rings. The molecule has 0 aromatic heterocycles. The molecule has 3 N–H and O–H groups in total. The van der Waals surface area contributed by atoms with Crippen molar-refractivity contribution >= 4 is 51.2 Å². The van der Waals surface area contributed by atoms with Crippen LogP contribution in [0.4, 0.5) is 15.8 Å². The van der Waals surface area contributed by atoms with Crippen molar-refractivity contribution in [3.05, 3.63) is 87.6 Å². The van der Waals surface area contributed by atoms with E-state index >= 15 is 0 Å². The van der Waals surface area contributed by atoms with Gasteiger partial charge in [-0.15, -0.1) is 0 Å². The van der Waals surface area contributed by atoms with Crippen LogP contribution in [-0.4, -0.2) is 30.5 Å². The van der Waals surface area contributed by atoms with Crippen LogP contribution in [-0.2, 0) is 14.4 Å². The Morgan fingerprint density at radius 1 is 1.00 bits per heavy atom. The SMILES string of the molecule is Cc1cccc(NC(=O)COc2ccc(Br)cc2/C=N\NC(=O)C(=O)Nc2ccc(F)cc2)c1C. The number of anilines is 2. The van der Waals surface area contributed by atoms with Gasteiger partial charge < -0.3 is 15.4 Å². The van der Waals surface area contributed by atoms with Crippen LogP contribution >= 0.6 is 15.9 Å². The number of hydrazone groups is 1. The zero-order valence-corrected chi connectivity index (χ0v) is 20.5. The Bertz CT molecular complexity index is 1280. The predicted molar refractivity (Wildman–Crippen MR) is 135 cm³/mol. The van der Waals surface area contributed by atoms with E-state index in [9.17, 15) is 18.8 Å². The summed E-state index contributed by atoms with van der Waals surface area (Å²) in [6.45, 7) is 3.63. The molecule has 0 aliphatic heterocycles. The normalized spacial score (nSPS) is 10.6. The van der Waals surface area contributed by atoms with E-state index in [2.05, 4.69) is 37.1 Å². The van der Waals surface area contributed by atoms with Crippen LogP contribution in [0, 0.1) is 19.7 Å². The predicted octanol–water partition coefficient (Wildman–Crippen LogP) is 4.31. The summed E-state index contributed by atoms with van der Waals surface area (Å²) in [5.74, 6) is -2.45. The number of hydrogen-bond acceptors (Lipinski definition) is 5. The number of amides is 3. The van der Waals surface area contributed by atoms with Crippen molar-refractivity contribution in [2.75, 3.05) is 17.2 Å². The second-order valence-corrected chi connectivity index (χ2v) is 8.34. The number of aryl methyl sites for hydroxylation is 1. The van der Waals surface area contributed by atoms with Gasteiger partial charge in [0.2, 0.25) is 0 Å². The molecule has 0 saturated heterocycles. The molecule has 0 spiro atoms. The number of benzene rings is 3. The van der Waals surface area contributed by atoms with Gasteiger partial charge in [0.15, 0.2) is 6.61 Å². The highest BCUT2D eigenvalue weighted by Gasteiger charge is 2.13. The molecule has 35 heavy (non-hydrogen) atoms. The summed E-state index contributed by atoms with van der Waals surface area (Å²) in [7, 11) is 0. The fourth-order valence-electron chi connectivity index (χ4n) is 2.90. The summed E-state index contributed by atoms with van der Waals surface area (Å²) in [6, 6.07) is 15.6. The third-order valence-corrected chi connectivity index (χ3v) is 5.38. The van der Waals surface area contributed by atoms with Gasteiger partial charge in [-0.05, 0) is 73.5 Å². The first-order valence-electron chi connectivity index (χ1n) is 10.4. The van der Waals surface area contributed by atoms with E-state index in [0.29, 0.717) is 21.5 Å². The third kappa shape index (κ3) is 7.47. The Morgan fingerprint density at radius 3 is 2.49 bits per heavy atom. The monoisotopic (exact) mass is 540 g/mol. The van der Waals surface area contributed by atoms with E-state index in [0.717, 1.165) is 23.3 Å². The maximum absolute atomic E-state index is 13.0. The molecule has 8 nitrogen and oxygen atoms in total. The molecule has 0 aliphatic carbocycles. The van der Waals surface area contributed by atoms with Crippen LogP contribution in [0.3, 0.4) is 0 Å². The molecule has 0 radical (unpaired) electrons. The molecule has 180 valence electrons. The van der Waals surface area contributed by atoms with Gasteiger partial charge in [-0.1, -0.05) is 28.1 Å². The first-order valence-corrected chi connectivity index (χ1v) is 11.2. The van der Waals surface area contributed by atoms with Gasteiger partial charge in [-0.2, -0.15) is 5.10 Å². The van der Waals surface area contributed by atoms with Crippen molar-refractivity contribution < 1.29 is 23.5 Å². The van der Waals surface area contributed by atoms with E-state index in [1.54, 1.807) is 18.2 Å². The number of halogens is 2. The van der Waals surface area contributed by atoms with Crippen LogP contribution < -0.4 is 20.8 Å². The first-order chi connectivity index (χ1) is 16.7. The second-order valence-electron chi connectivity index (χ2n) is 7.43. The summed E-state index contributed by atoms with van der Waals surface area (Å²) in [4.78, 5) is 36.3. The van der Waals surface area contributed by atoms with Crippen molar-refractivity contribution in [1.82, 2.24) is 5.43 Å². The van der Waals surface area contributed by atoms with Gasteiger partial charge in [-0.25, -0.2) is 9.82 Å². The number of rotatable bonds is 7. The Labute approximate surface area is 209 Å². The maximum Gasteiger partial charge on any atom is 0.329 e. The molecule has 3 amide bonds. The molecular weight excluding hydrogens is 519 g/mol. The van der Waals surface area contributed by atoms with Gasteiger partial charge in [0.25, 0.3) is 5.91 Å². The molecule has 3 aromatic carbocycles. The Hall–Kier alpha value is -4.05. The van der Waals surface area contributed by atoms with Crippen LogP contribution in [0.2, 0.25) is 0 Å². The van der Waals surface area contributed by atoms with Gasteiger partial charge in [0.05, 0.1) is 6.21 Å². The molecule has 0 saturated carbocycles. The summed E-state index contributed by atoms with van der Waals surface area (Å²) in [6.07, 6.45) is 1.28. The molecule has 0 bridgehead atoms. The number of carbonyl (C=O) groups is 3. The molecule has 3 rings (SSSR count). The largest absolute Gasteiger partial charge is 0.483 e.